The van der Waals surface area contributed by atoms with Crippen LogP contribution in [-0.4, -0.2) is 0 Å². The van der Waals surface area contributed by atoms with E-state index in [1.54, 1.807) is 0 Å². The van der Waals surface area contributed by atoms with Crippen LogP contribution in [0.3, 0.4) is 0 Å². The molecule has 0 saturated carbocycles. The minimum Gasteiger partial charge on any atom is -0.101 e. The zero-order valence-electron chi connectivity index (χ0n) is 12.2. The van der Waals surface area contributed by atoms with Crippen LogP contribution in [0.25, 0.3) is 0 Å². The molecule has 0 atom stereocenters. The summed E-state index contributed by atoms with van der Waals surface area (Å²) in [4.78, 5) is 0. The zero-order valence-corrected chi connectivity index (χ0v) is 12.2. The molecule has 0 N–H and O–H groups in total. The van der Waals surface area contributed by atoms with Crippen molar-refractivity contribution in [1.82, 2.24) is 0 Å². The molecule has 0 bridgehead atoms. The van der Waals surface area contributed by atoms with E-state index < -0.39 is 0 Å². The van der Waals surface area contributed by atoms with E-state index in [9.17, 15) is 0 Å². The molecule has 0 aromatic heterocycles. The quantitative estimate of drug-likeness (QED) is 0.567. The van der Waals surface area contributed by atoms with Crippen molar-refractivity contribution in [2.24, 2.45) is 0 Å². The van der Waals surface area contributed by atoms with Crippen molar-refractivity contribution in [2.75, 3.05) is 0 Å². The Labute approximate surface area is 106 Å². The third-order valence-corrected chi connectivity index (χ3v) is 2.93. The Hall–Kier alpha value is -1.22. The number of benzene rings is 1. The molecule has 0 spiro atoms. The Morgan fingerprint density at radius 1 is 0.765 bits per heavy atom. The Morgan fingerprint density at radius 2 is 1.18 bits per heavy atom. The van der Waals surface area contributed by atoms with Crippen LogP contribution in [0.4, 0.5) is 0 Å². The van der Waals surface area contributed by atoms with Gasteiger partial charge in [0, 0.05) is 5.56 Å². The lowest BCUT2D eigenvalue weighted by Gasteiger charge is -2.25. The summed E-state index contributed by atoms with van der Waals surface area (Å²) in [7, 11) is 0. The van der Waals surface area contributed by atoms with Crippen molar-refractivity contribution >= 4 is 0 Å². The Bertz CT molecular complexity index is 421. The smallest absolute Gasteiger partial charge is 0.0251 e. The maximum atomic E-state index is 3.18. The predicted molar refractivity (Wildman–Crippen MR) is 76.4 cm³/mol. The first kappa shape index (κ1) is 13.8. The van der Waals surface area contributed by atoms with Gasteiger partial charge in [-0.25, -0.2) is 0 Å². The molecule has 0 aliphatic carbocycles. The van der Waals surface area contributed by atoms with Crippen LogP contribution >= 0.6 is 0 Å². The Morgan fingerprint density at radius 3 is 1.47 bits per heavy atom. The topological polar surface area (TPSA) is 0 Å². The second-order valence-electron chi connectivity index (χ2n) is 6.67. The van der Waals surface area contributed by atoms with Gasteiger partial charge in [-0.15, -0.1) is 5.92 Å². The normalized spacial score (nSPS) is 11.9. The van der Waals surface area contributed by atoms with E-state index in [2.05, 4.69) is 71.6 Å². The molecule has 0 heteroatoms. The summed E-state index contributed by atoms with van der Waals surface area (Å²) in [5.74, 6) is 6.17. The Kier molecular flexibility index (Phi) is 3.72. The molecule has 0 aliphatic rings. The van der Waals surface area contributed by atoms with Crippen LogP contribution in [0.15, 0.2) is 18.2 Å². The summed E-state index contributed by atoms with van der Waals surface area (Å²) in [5.41, 5.74) is 4.20. The fourth-order valence-corrected chi connectivity index (χ4v) is 1.71. The van der Waals surface area contributed by atoms with E-state index in [0.717, 1.165) is 5.56 Å². The minimum atomic E-state index is 0.172. The summed E-state index contributed by atoms with van der Waals surface area (Å²) in [5, 5.41) is 0. The fourth-order valence-electron chi connectivity index (χ4n) is 1.71. The first-order valence-corrected chi connectivity index (χ1v) is 6.23. The van der Waals surface area contributed by atoms with E-state index in [1.807, 2.05) is 6.92 Å². The van der Waals surface area contributed by atoms with Crippen molar-refractivity contribution in [3.63, 3.8) is 0 Å². The van der Waals surface area contributed by atoms with Crippen molar-refractivity contribution in [3.05, 3.63) is 34.9 Å². The number of rotatable bonds is 0. The van der Waals surface area contributed by atoms with Crippen LogP contribution < -0.4 is 0 Å². The number of hydrogen-bond donors (Lipinski definition) is 0. The molecule has 17 heavy (non-hydrogen) atoms. The average Bonchev–Trinajstić information content (AvgIpc) is 2.15. The van der Waals surface area contributed by atoms with Gasteiger partial charge in [0.2, 0.25) is 0 Å². The Balaban J connectivity index is 3.43. The summed E-state index contributed by atoms with van der Waals surface area (Å²) >= 11 is 0. The summed E-state index contributed by atoms with van der Waals surface area (Å²) < 4.78 is 0. The SMILES string of the molecule is CC#Cc1cc(C(C)(C)C)cc(C(C)(C)C)c1. The van der Waals surface area contributed by atoms with E-state index in [-0.39, 0.29) is 10.8 Å². The van der Waals surface area contributed by atoms with Crippen LogP contribution in [0.1, 0.15) is 65.2 Å². The molecule has 92 valence electrons. The molecule has 0 fully saturated rings. The highest BCUT2D eigenvalue weighted by Crippen LogP contribution is 2.29. The van der Waals surface area contributed by atoms with Gasteiger partial charge in [0.05, 0.1) is 0 Å². The standard InChI is InChI=1S/C17H24/c1-8-9-13-10-14(16(2,3)4)12-15(11-13)17(5,6)7/h10-12H,1-7H3. The van der Waals surface area contributed by atoms with Crippen molar-refractivity contribution in [3.8, 4) is 11.8 Å². The first-order chi connectivity index (χ1) is 7.64. The van der Waals surface area contributed by atoms with Gasteiger partial charge in [0.25, 0.3) is 0 Å². The van der Waals surface area contributed by atoms with Gasteiger partial charge in [-0.3, -0.25) is 0 Å². The van der Waals surface area contributed by atoms with Gasteiger partial charge < -0.3 is 0 Å². The van der Waals surface area contributed by atoms with Crippen molar-refractivity contribution in [2.45, 2.75) is 59.3 Å². The fraction of sp³-hybridized carbons (Fsp3) is 0.529. The van der Waals surface area contributed by atoms with Crippen LogP contribution in [0.5, 0.6) is 0 Å². The average molecular weight is 228 g/mol. The molecule has 1 aromatic carbocycles. The highest BCUT2D eigenvalue weighted by Gasteiger charge is 2.19. The highest BCUT2D eigenvalue weighted by molar-refractivity contribution is 5.44. The highest BCUT2D eigenvalue weighted by atomic mass is 14.2. The number of hydrogen-bond acceptors (Lipinski definition) is 0. The molecule has 0 amide bonds. The largest absolute Gasteiger partial charge is 0.101 e. The van der Waals surface area contributed by atoms with Crippen molar-refractivity contribution < 1.29 is 0 Å². The summed E-state index contributed by atoms with van der Waals surface area (Å²) in [6, 6.07) is 6.75. The molecule has 0 aliphatic heterocycles. The van der Waals surface area contributed by atoms with Crippen LogP contribution in [0.2, 0.25) is 0 Å². The van der Waals surface area contributed by atoms with Crippen molar-refractivity contribution in [1.29, 1.82) is 0 Å². The van der Waals surface area contributed by atoms with Crippen LogP contribution in [0, 0.1) is 11.8 Å². The van der Waals surface area contributed by atoms with Gasteiger partial charge in [0.15, 0.2) is 0 Å². The van der Waals surface area contributed by atoms with Gasteiger partial charge in [-0.1, -0.05) is 53.5 Å². The molecule has 0 nitrogen and oxygen atoms in total. The lowest BCUT2D eigenvalue weighted by molar-refractivity contribution is 0.568. The van der Waals surface area contributed by atoms with Gasteiger partial charge >= 0.3 is 0 Å². The second kappa shape index (κ2) is 4.57. The molecular weight excluding hydrogens is 204 g/mol. The van der Waals surface area contributed by atoms with E-state index >= 15 is 0 Å². The van der Waals surface area contributed by atoms with Crippen LogP contribution in [-0.2, 0) is 10.8 Å². The lowest BCUT2D eigenvalue weighted by Crippen LogP contribution is -2.16. The second-order valence-corrected chi connectivity index (χ2v) is 6.67. The van der Waals surface area contributed by atoms with Gasteiger partial charge in [-0.2, -0.15) is 0 Å². The summed E-state index contributed by atoms with van der Waals surface area (Å²) in [6.07, 6.45) is 0. The van der Waals surface area contributed by atoms with Gasteiger partial charge in [-0.05, 0) is 41.0 Å². The third-order valence-electron chi connectivity index (χ3n) is 2.93. The maximum absolute atomic E-state index is 3.18. The molecule has 0 radical (unpaired) electrons. The third kappa shape index (κ3) is 3.63. The molecule has 0 unspecified atom stereocenters. The van der Waals surface area contributed by atoms with E-state index in [1.165, 1.54) is 11.1 Å². The molecule has 1 aromatic rings. The minimum absolute atomic E-state index is 0.172. The predicted octanol–water partition coefficient (Wildman–Crippen LogP) is 4.65. The molecule has 0 saturated heterocycles. The maximum Gasteiger partial charge on any atom is 0.0251 e. The summed E-state index contributed by atoms with van der Waals surface area (Å²) in [6.45, 7) is 15.4. The van der Waals surface area contributed by atoms with E-state index in [4.69, 9.17) is 0 Å². The lowest BCUT2D eigenvalue weighted by atomic mass is 9.79. The molecular formula is C17H24. The monoisotopic (exact) mass is 228 g/mol. The first-order valence-electron chi connectivity index (χ1n) is 6.23. The molecule has 1 rings (SSSR count). The van der Waals surface area contributed by atoms with Gasteiger partial charge in [0.1, 0.15) is 0 Å². The molecule has 0 heterocycles. The zero-order chi connectivity index (χ0) is 13.3. The van der Waals surface area contributed by atoms with E-state index in [0.29, 0.717) is 0 Å².